The van der Waals surface area contributed by atoms with Crippen LogP contribution in [0.4, 0.5) is 9.59 Å². The predicted octanol–water partition coefficient (Wildman–Crippen LogP) is 2.24. The molecule has 0 aliphatic heterocycles. The third-order valence-electron chi connectivity index (χ3n) is 3.21. The normalized spacial score (nSPS) is 12.8. The minimum absolute atomic E-state index is 0.00442. The van der Waals surface area contributed by atoms with Gasteiger partial charge >= 0.3 is 12.1 Å². The van der Waals surface area contributed by atoms with E-state index in [2.05, 4.69) is 5.32 Å². The van der Waals surface area contributed by atoms with Crippen molar-refractivity contribution in [3.63, 3.8) is 0 Å². The molecule has 0 radical (unpaired) electrons. The summed E-state index contributed by atoms with van der Waals surface area (Å²) in [5, 5.41) is 2.59. The van der Waals surface area contributed by atoms with Crippen molar-refractivity contribution in [2.75, 3.05) is 13.6 Å². The van der Waals surface area contributed by atoms with E-state index in [9.17, 15) is 18.0 Å². The smallest absolute Gasteiger partial charge is 0.407 e. The van der Waals surface area contributed by atoms with Gasteiger partial charge in [-0.05, 0) is 46.8 Å². The zero-order valence-corrected chi connectivity index (χ0v) is 16.8. The lowest BCUT2D eigenvalue weighted by Crippen LogP contribution is -2.48. The number of urea groups is 1. The summed E-state index contributed by atoms with van der Waals surface area (Å²) in [6.45, 7) is 8.85. The molecule has 1 rings (SSSR count). The van der Waals surface area contributed by atoms with Gasteiger partial charge in [-0.15, -0.1) is 0 Å². The second kappa shape index (κ2) is 8.39. The van der Waals surface area contributed by atoms with Crippen molar-refractivity contribution in [3.05, 3.63) is 29.8 Å². The maximum absolute atomic E-state index is 12.2. The van der Waals surface area contributed by atoms with Gasteiger partial charge in [0.05, 0.1) is 4.90 Å². The van der Waals surface area contributed by atoms with E-state index in [-0.39, 0.29) is 11.4 Å². The zero-order chi connectivity index (χ0) is 20.1. The summed E-state index contributed by atoms with van der Waals surface area (Å²) in [7, 11) is -2.52. The lowest BCUT2D eigenvalue weighted by atomic mass is 10.2. The number of hydrogen-bond acceptors (Lipinski definition) is 5. The van der Waals surface area contributed by atoms with E-state index < -0.39 is 33.8 Å². The molecular weight excluding hydrogens is 358 g/mol. The van der Waals surface area contributed by atoms with Crippen LogP contribution in [0.15, 0.2) is 29.2 Å². The van der Waals surface area contributed by atoms with Gasteiger partial charge in [0.15, 0.2) is 0 Å². The molecule has 9 heteroatoms. The van der Waals surface area contributed by atoms with Gasteiger partial charge in [0.2, 0.25) is 0 Å². The monoisotopic (exact) mass is 385 g/mol. The van der Waals surface area contributed by atoms with Crippen LogP contribution in [0.25, 0.3) is 0 Å². The third kappa shape index (κ3) is 7.30. The molecule has 0 saturated heterocycles. The fraction of sp³-hybridized carbons (Fsp3) is 0.529. The number of hydrogen-bond donors (Lipinski definition) is 2. The fourth-order valence-corrected chi connectivity index (χ4v) is 3.02. The standard InChI is InChI=1S/C17H27N3O5S/c1-12-7-9-14(10-8-12)26(23,24)19-15(21)20(6)11-13(2)18-16(22)25-17(3,4)5/h7-10,13H,11H2,1-6H3,(H,18,22)(H,19,21)/t13-/m0/s1. The van der Waals surface area contributed by atoms with E-state index >= 15 is 0 Å². The van der Waals surface area contributed by atoms with Crippen molar-refractivity contribution in [2.45, 2.75) is 51.2 Å². The van der Waals surface area contributed by atoms with Crippen LogP contribution < -0.4 is 10.0 Å². The number of amides is 3. The van der Waals surface area contributed by atoms with Gasteiger partial charge in [0.25, 0.3) is 10.0 Å². The summed E-state index contributed by atoms with van der Waals surface area (Å²) < 4.78 is 31.6. The van der Waals surface area contributed by atoms with Crippen molar-refractivity contribution < 1.29 is 22.7 Å². The highest BCUT2D eigenvalue weighted by Crippen LogP contribution is 2.10. The molecule has 0 aliphatic carbocycles. The van der Waals surface area contributed by atoms with Gasteiger partial charge in [-0.2, -0.15) is 0 Å². The van der Waals surface area contributed by atoms with E-state index in [1.54, 1.807) is 39.8 Å². The van der Waals surface area contributed by atoms with Crippen LogP contribution in [-0.4, -0.2) is 50.7 Å². The van der Waals surface area contributed by atoms with Gasteiger partial charge in [0.1, 0.15) is 5.60 Å². The quantitative estimate of drug-likeness (QED) is 0.809. The highest BCUT2D eigenvalue weighted by molar-refractivity contribution is 7.90. The maximum atomic E-state index is 12.2. The molecule has 0 bridgehead atoms. The first-order valence-corrected chi connectivity index (χ1v) is 9.62. The molecule has 0 aromatic heterocycles. The number of carbonyl (C=O) groups excluding carboxylic acids is 2. The van der Waals surface area contributed by atoms with Crippen molar-refractivity contribution in [2.24, 2.45) is 0 Å². The Balaban J connectivity index is 2.61. The molecule has 0 spiro atoms. The lowest BCUT2D eigenvalue weighted by Gasteiger charge is -2.25. The summed E-state index contributed by atoms with van der Waals surface area (Å²) in [6.07, 6.45) is -0.605. The van der Waals surface area contributed by atoms with Crippen LogP contribution >= 0.6 is 0 Å². The number of nitrogens with one attached hydrogen (secondary N) is 2. The first-order chi connectivity index (χ1) is 11.8. The second-order valence-corrected chi connectivity index (χ2v) is 8.83. The van der Waals surface area contributed by atoms with E-state index in [1.807, 2.05) is 11.6 Å². The van der Waals surface area contributed by atoms with Crippen LogP contribution in [0, 0.1) is 6.92 Å². The molecule has 1 aromatic rings. The van der Waals surface area contributed by atoms with Crippen molar-refractivity contribution in [3.8, 4) is 0 Å². The fourth-order valence-electron chi connectivity index (χ4n) is 2.02. The van der Waals surface area contributed by atoms with Crippen LogP contribution in [-0.2, 0) is 14.8 Å². The Bertz CT molecular complexity index is 739. The number of nitrogens with zero attached hydrogens (tertiary/aromatic N) is 1. The SMILES string of the molecule is Cc1ccc(S(=O)(=O)NC(=O)N(C)C[C@H](C)NC(=O)OC(C)(C)C)cc1. The Morgan fingerprint density at radius 3 is 2.23 bits per heavy atom. The zero-order valence-electron chi connectivity index (χ0n) is 16.0. The summed E-state index contributed by atoms with van der Waals surface area (Å²) >= 11 is 0. The summed E-state index contributed by atoms with van der Waals surface area (Å²) in [6, 6.07) is 4.94. The van der Waals surface area contributed by atoms with E-state index in [0.29, 0.717) is 0 Å². The summed E-state index contributed by atoms with van der Waals surface area (Å²) in [5.74, 6) is 0. The molecule has 3 amide bonds. The van der Waals surface area contributed by atoms with Gasteiger partial charge in [-0.1, -0.05) is 17.7 Å². The minimum Gasteiger partial charge on any atom is -0.444 e. The molecule has 146 valence electrons. The number of aryl methyl sites for hydroxylation is 1. The Kier molecular flexibility index (Phi) is 7.02. The lowest BCUT2D eigenvalue weighted by molar-refractivity contribution is 0.0502. The molecule has 26 heavy (non-hydrogen) atoms. The average molecular weight is 385 g/mol. The molecule has 0 aliphatic rings. The van der Waals surface area contributed by atoms with Crippen molar-refractivity contribution in [1.29, 1.82) is 0 Å². The van der Waals surface area contributed by atoms with E-state index in [0.717, 1.165) is 5.56 Å². The Hall–Kier alpha value is -2.29. The second-order valence-electron chi connectivity index (χ2n) is 7.15. The number of sulfonamides is 1. The molecule has 2 N–H and O–H groups in total. The van der Waals surface area contributed by atoms with Gasteiger partial charge in [-0.3, -0.25) is 0 Å². The largest absolute Gasteiger partial charge is 0.444 e. The number of ether oxygens (including phenoxy) is 1. The first kappa shape index (κ1) is 21.8. The number of alkyl carbamates (subject to hydrolysis) is 1. The molecular formula is C17H27N3O5S. The Morgan fingerprint density at radius 1 is 1.19 bits per heavy atom. The molecule has 0 unspecified atom stereocenters. The number of likely N-dealkylation sites (N-methyl/N-ethyl adjacent to an activating group) is 1. The van der Waals surface area contributed by atoms with Crippen LogP contribution in [0.5, 0.6) is 0 Å². The number of carbonyl (C=O) groups is 2. The number of benzene rings is 1. The highest BCUT2D eigenvalue weighted by atomic mass is 32.2. The van der Waals surface area contributed by atoms with E-state index in [4.69, 9.17) is 4.74 Å². The van der Waals surface area contributed by atoms with Crippen molar-refractivity contribution in [1.82, 2.24) is 14.9 Å². The van der Waals surface area contributed by atoms with Gasteiger partial charge in [-0.25, -0.2) is 22.7 Å². The summed E-state index contributed by atoms with van der Waals surface area (Å²) in [5.41, 5.74) is 0.282. The van der Waals surface area contributed by atoms with Crippen LogP contribution in [0.2, 0.25) is 0 Å². The Labute approximate surface area is 155 Å². The molecule has 1 aromatic carbocycles. The topological polar surface area (TPSA) is 105 Å². The third-order valence-corrected chi connectivity index (χ3v) is 4.55. The van der Waals surface area contributed by atoms with Crippen LogP contribution in [0.3, 0.4) is 0 Å². The molecule has 0 saturated carbocycles. The Morgan fingerprint density at radius 2 is 1.73 bits per heavy atom. The van der Waals surface area contributed by atoms with Gasteiger partial charge in [0, 0.05) is 19.6 Å². The number of rotatable bonds is 5. The predicted molar refractivity (Wildman–Crippen MR) is 98.4 cm³/mol. The molecule has 0 fully saturated rings. The van der Waals surface area contributed by atoms with Gasteiger partial charge < -0.3 is 15.0 Å². The molecule has 8 nitrogen and oxygen atoms in total. The first-order valence-electron chi connectivity index (χ1n) is 8.14. The summed E-state index contributed by atoms with van der Waals surface area (Å²) in [4.78, 5) is 25.0. The van der Waals surface area contributed by atoms with E-state index in [1.165, 1.54) is 24.1 Å². The average Bonchev–Trinajstić information content (AvgIpc) is 2.44. The highest BCUT2D eigenvalue weighted by Gasteiger charge is 2.22. The molecule has 1 atom stereocenters. The minimum atomic E-state index is -3.96. The van der Waals surface area contributed by atoms with Crippen molar-refractivity contribution >= 4 is 22.1 Å². The van der Waals surface area contributed by atoms with Crippen LogP contribution in [0.1, 0.15) is 33.3 Å². The molecule has 0 heterocycles. The maximum Gasteiger partial charge on any atom is 0.407 e.